The van der Waals surface area contributed by atoms with Gasteiger partial charge in [-0.3, -0.25) is 9.59 Å². The van der Waals surface area contributed by atoms with E-state index < -0.39 is 17.9 Å². The highest BCUT2D eigenvalue weighted by Crippen LogP contribution is 2.24. The van der Waals surface area contributed by atoms with Gasteiger partial charge in [-0.05, 0) is 19.1 Å². The predicted molar refractivity (Wildman–Crippen MR) is 63.3 cm³/mol. The lowest BCUT2D eigenvalue weighted by Gasteiger charge is -2.13. The van der Waals surface area contributed by atoms with Crippen LogP contribution in [0.15, 0.2) is 18.2 Å². The first-order chi connectivity index (χ1) is 7.91. The molecule has 17 heavy (non-hydrogen) atoms. The Morgan fingerprint density at radius 1 is 1.47 bits per heavy atom. The van der Waals surface area contributed by atoms with Gasteiger partial charge in [0.1, 0.15) is 0 Å². The first kappa shape index (κ1) is 12.8. The van der Waals surface area contributed by atoms with Crippen molar-refractivity contribution in [3.8, 4) is 5.75 Å². The van der Waals surface area contributed by atoms with Crippen LogP contribution in [-0.2, 0) is 4.79 Å². The van der Waals surface area contributed by atoms with E-state index in [9.17, 15) is 14.7 Å². The number of amides is 2. The summed E-state index contributed by atoms with van der Waals surface area (Å²) < 4.78 is 0. The standard InChI is InChI=1S/C11H15N3O3/c1-6(5-9(13)15)14-11(17)7-3-2-4-8(12)10(7)16/h2-4,6,16H,5,12H2,1H3,(H2,13,15)(H,14,17). The number of nitrogens with one attached hydrogen (secondary N) is 1. The van der Waals surface area contributed by atoms with Crippen LogP contribution in [0, 0.1) is 0 Å². The van der Waals surface area contributed by atoms with E-state index in [1.54, 1.807) is 13.0 Å². The van der Waals surface area contributed by atoms with E-state index >= 15 is 0 Å². The summed E-state index contributed by atoms with van der Waals surface area (Å²) in [6.45, 7) is 1.64. The maximum Gasteiger partial charge on any atom is 0.255 e. The van der Waals surface area contributed by atoms with E-state index in [0.29, 0.717) is 0 Å². The Hall–Kier alpha value is -2.24. The van der Waals surface area contributed by atoms with Gasteiger partial charge < -0.3 is 21.9 Å². The normalized spacial score (nSPS) is 11.8. The molecule has 6 nitrogen and oxygen atoms in total. The SMILES string of the molecule is CC(CC(N)=O)NC(=O)c1cccc(N)c1O. The second kappa shape index (κ2) is 5.20. The first-order valence-corrected chi connectivity index (χ1v) is 5.08. The molecule has 1 aromatic rings. The highest BCUT2D eigenvalue weighted by atomic mass is 16.3. The van der Waals surface area contributed by atoms with Crippen molar-refractivity contribution in [2.75, 3.05) is 5.73 Å². The molecule has 0 bridgehead atoms. The van der Waals surface area contributed by atoms with Crippen LogP contribution in [0.4, 0.5) is 5.69 Å². The lowest BCUT2D eigenvalue weighted by molar-refractivity contribution is -0.118. The number of carbonyl (C=O) groups is 2. The van der Waals surface area contributed by atoms with Gasteiger partial charge in [0.2, 0.25) is 5.91 Å². The van der Waals surface area contributed by atoms with Crippen molar-refractivity contribution in [3.05, 3.63) is 23.8 Å². The van der Waals surface area contributed by atoms with E-state index in [4.69, 9.17) is 11.5 Å². The molecular weight excluding hydrogens is 222 g/mol. The van der Waals surface area contributed by atoms with Crippen molar-refractivity contribution in [2.45, 2.75) is 19.4 Å². The zero-order valence-electron chi connectivity index (χ0n) is 9.43. The number of carbonyl (C=O) groups excluding carboxylic acids is 2. The number of benzene rings is 1. The minimum absolute atomic E-state index is 0.0365. The summed E-state index contributed by atoms with van der Waals surface area (Å²) in [6.07, 6.45) is 0.0365. The molecule has 6 heteroatoms. The minimum Gasteiger partial charge on any atom is -0.505 e. The fourth-order valence-electron chi connectivity index (χ4n) is 1.40. The Balaban J connectivity index is 2.77. The molecule has 0 spiro atoms. The number of hydrogen-bond acceptors (Lipinski definition) is 4. The van der Waals surface area contributed by atoms with Gasteiger partial charge in [-0.2, -0.15) is 0 Å². The average Bonchev–Trinajstić information content (AvgIpc) is 2.20. The number of hydrogen-bond donors (Lipinski definition) is 4. The van der Waals surface area contributed by atoms with Crippen LogP contribution in [0.1, 0.15) is 23.7 Å². The molecule has 1 unspecified atom stereocenters. The molecule has 1 aromatic carbocycles. The molecule has 0 aliphatic rings. The van der Waals surface area contributed by atoms with Crippen LogP contribution >= 0.6 is 0 Å². The molecule has 1 atom stereocenters. The number of phenols is 1. The smallest absolute Gasteiger partial charge is 0.255 e. The Labute approximate surface area is 98.6 Å². The minimum atomic E-state index is -0.505. The van der Waals surface area contributed by atoms with Gasteiger partial charge in [0.25, 0.3) is 5.91 Å². The Bertz CT molecular complexity index is 446. The number of primary amides is 1. The zero-order valence-corrected chi connectivity index (χ0v) is 9.43. The third-order valence-electron chi connectivity index (χ3n) is 2.20. The molecular formula is C11H15N3O3. The largest absolute Gasteiger partial charge is 0.505 e. The maximum absolute atomic E-state index is 11.7. The van der Waals surface area contributed by atoms with E-state index in [1.165, 1.54) is 12.1 Å². The number of para-hydroxylation sites is 1. The molecule has 0 aliphatic carbocycles. The highest BCUT2D eigenvalue weighted by Gasteiger charge is 2.15. The summed E-state index contributed by atoms with van der Waals surface area (Å²) in [5.41, 5.74) is 10.7. The van der Waals surface area contributed by atoms with E-state index in [0.717, 1.165) is 0 Å². The molecule has 0 heterocycles. The Morgan fingerprint density at radius 3 is 2.71 bits per heavy atom. The van der Waals surface area contributed by atoms with Crippen LogP contribution in [-0.4, -0.2) is 23.0 Å². The van der Waals surface area contributed by atoms with E-state index in [2.05, 4.69) is 5.32 Å². The molecule has 0 aliphatic heterocycles. The first-order valence-electron chi connectivity index (χ1n) is 5.08. The van der Waals surface area contributed by atoms with Crippen molar-refractivity contribution >= 4 is 17.5 Å². The number of rotatable bonds is 4. The van der Waals surface area contributed by atoms with Gasteiger partial charge in [0.05, 0.1) is 11.3 Å². The average molecular weight is 237 g/mol. The topological polar surface area (TPSA) is 118 Å². The van der Waals surface area contributed by atoms with Crippen LogP contribution in [0.3, 0.4) is 0 Å². The fourth-order valence-corrected chi connectivity index (χ4v) is 1.40. The lowest BCUT2D eigenvalue weighted by atomic mass is 10.1. The van der Waals surface area contributed by atoms with Gasteiger partial charge in [0, 0.05) is 12.5 Å². The van der Waals surface area contributed by atoms with Gasteiger partial charge in [-0.1, -0.05) is 6.07 Å². The maximum atomic E-state index is 11.7. The van der Waals surface area contributed by atoms with Crippen LogP contribution in [0.5, 0.6) is 5.75 Å². The van der Waals surface area contributed by atoms with Crippen molar-refractivity contribution in [1.29, 1.82) is 0 Å². The second-order valence-electron chi connectivity index (χ2n) is 3.79. The van der Waals surface area contributed by atoms with Gasteiger partial charge in [0.15, 0.2) is 5.75 Å². The molecule has 1 rings (SSSR count). The monoisotopic (exact) mass is 237 g/mol. The van der Waals surface area contributed by atoms with Crippen LogP contribution in [0.2, 0.25) is 0 Å². The molecule has 0 saturated heterocycles. The van der Waals surface area contributed by atoms with Crippen molar-refractivity contribution < 1.29 is 14.7 Å². The molecule has 6 N–H and O–H groups in total. The predicted octanol–water partition coefficient (Wildman–Crippen LogP) is -0.0319. The van der Waals surface area contributed by atoms with Crippen LogP contribution < -0.4 is 16.8 Å². The highest BCUT2D eigenvalue weighted by molar-refractivity contribution is 5.98. The number of aromatic hydroxyl groups is 1. The summed E-state index contributed by atoms with van der Waals surface area (Å²) in [7, 11) is 0. The van der Waals surface area contributed by atoms with Crippen molar-refractivity contribution in [3.63, 3.8) is 0 Å². The molecule has 0 radical (unpaired) electrons. The van der Waals surface area contributed by atoms with Crippen molar-refractivity contribution in [2.24, 2.45) is 5.73 Å². The van der Waals surface area contributed by atoms with Gasteiger partial charge >= 0.3 is 0 Å². The third kappa shape index (κ3) is 3.37. The molecule has 2 amide bonds. The summed E-state index contributed by atoms with van der Waals surface area (Å²) in [6, 6.07) is 4.08. The quantitative estimate of drug-likeness (QED) is 0.434. The van der Waals surface area contributed by atoms with E-state index in [1.807, 2.05) is 0 Å². The molecule has 0 aromatic heterocycles. The third-order valence-corrected chi connectivity index (χ3v) is 2.20. The Kier molecular flexibility index (Phi) is 3.92. The molecule has 0 fully saturated rings. The summed E-state index contributed by atoms with van der Waals surface area (Å²) >= 11 is 0. The number of nitrogen functional groups attached to an aromatic ring is 1. The zero-order chi connectivity index (χ0) is 13.0. The fraction of sp³-hybridized carbons (Fsp3) is 0.273. The molecule has 92 valence electrons. The Morgan fingerprint density at radius 2 is 2.12 bits per heavy atom. The summed E-state index contributed by atoms with van der Waals surface area (Å²) in [5, 5.41) is 12.1. The second-order valence-corrected chi connectivity index (χ2v) is 3.79. The summed E-state index contributed by atoms with van der Waals surface area (Å²) in [4.78, 5) is 22.4. The van der Waals surface area contributed by atoms with Gasteiger partial charge in [-0.25, -0.2) is 0 Å². The van der Waals surface area contributed by atoms with E-state index in [-0.39, 0.29) is 23.4 Å². The van der Waals surface area contributed by atoms with Crippen molar-refractivity contribution in [1.82, 2.24) is 5.32 Å². The molecule has 0 saturated carbocycles. The number of anilines is 1. The number of nitrogens with two attached hydrogens (primary N) is 2. The number of phenolic OH excluding ortho intramolecular Hbond substituents is 1. The lowest BCUT2D eigenvalue weighted by Crippen LogP contribution is -2.35. The van der Waals surface area contributed by atoms with Gasteiger partial charge in [-0.15, -0.1) is 0 Å². The van der Waals surface area contributed by atoms with Crippen LogP contribution in [0.25, 0.3) is 0 Å². The summed E-state index contributed by atoms with van der Waals surface area (Å²) in [5.74, 6) is -1.27.